The molecule has 0 radical (unpaired) electrons. The largest absolute Gasteiger partial charge is 0.298 e. The highest BCUT2D eigenvalue weighted by molar-refractivity contribution is 7.92. The summed E-state index contributed by atoms with van der Waals surface area (Å²) in [4.78, 5) is 16.4. The number of anilines is 2. The zero-order valence-corrected chi connectivity index (χ0v) is 15.2. The molecule has 0 unspecified atom stereocenters. The molecule has 0 saturated carbocycles. The van der Waals surface area contributed by atoms with Crippen molar-refractivity contribution < 1.29 is 17.6 Å². The first-order valence-electron chi connectivity index (χ1n) is 7.41. The summed E-state index contributed by atoms with van der Waals surface area (Å²) >= 11 is 1.21. The lowest BCUT2D eigenvalue weighted by Gasteiger charge is -2.04. The van der Waals surface area contributed by atoms with Crippen LogP contribution in [-0.2, 0) is 10.0 Å². The summed E-state index contributed by atoms with van der Waals surface area (Å²) in [6.45, 7) is 0. The lowest BCUT2D eigenvalue weighted by atomic mass is 10.1. The number of hydrogen-bond acceptors (Lipinski definition) is 5. The smallest absolute Gasteiger partial charge is 0.260 e. The number of benzene rings is 2. The molecule has 0 aliphatic heterocycles. The van der Waals surface area contributed by atoms with Crippen LogP contribution in [0.5, 0.6) is 0 Å². The van der Waals surface area contributed by atoms with Crippen LogP contribution >= 0.6 is 11.3 Å². The van der Waals surface area contributed by atoms with Crippen LogP contribution < -0.4 is 10.0 Å². The Bertz CT molecular complexity index is 1050. The molecule has 0 bridgehead atoms. The van der Waals surface area contributed by atoms with E-state index in [1.54, 1.807) is 35.7 Å². The van der Waals surface area contributed by atoms with E-state index in [9.17, 15) is 17.6 Å². The van der Waals surface area contributed by atoms with E-state index in [0.717, 1.165) is 11.8 Å². The van der Waals surface area contributed by atoms with E-state index in [2.05, 4.69) is 15.0 Å². The number of rotatable bonds is 5. The van der Waals surface area contributed by atoms with Crippen LogP contribution in [0.1, 0.15) is 10.4 Å². The Morgan fingerprint density at radius 3 is 2.46 bits per heavy atom. The van der Waals surface area contributed by atoms with Gasteiger partial charge in [0.2, 0.25) is 10.0 Å². The van der Waals surface area contributed by atoms with E-state index in [4.69, 9.17) is 0 Å². The van der Waals surface area contributed by atoms with Crippen molar-refractivity contribution in [1.29, 1.82) is 0 Å². The summed E-state index contributed by atoms with van der Waals surface area (Å²) in [7, 11) is -3.34. The highest BCUT2D eigenvalue weighted by Crippen LogP contribution is 2.26. The molecule has 3 aromatic rings. The number of halogens is 1. The lowest BCUT2D eigenvalue weighted by Crippen LogP contribution is -2.13. The van der Waals surface area contributed by atoms with E-state index < -0.39 is 21.7 Å². The minimum Gasteiger partial charge on any atom is -0.298 e. The average molecular weight is 391 g/mol. The fourth-order valence-corrected chi connectivity index (χ4v) is 3.48. The zero-order valence-electron chi connectivity index (χ0n) is 13.6. The lowest BCUT2D eigenvalue weighted by molar-refractivity contribution is 0.102. The summed E-state index contributed by atoms with van der Waals surface area (Å²) < 4.78 is 38.4. The molecule has 1 aromatic heterocycles. The number of hydrogen-bond donors (Lipinski definition) is 2. The minimum atomic E-state index is -3.34. The third kappa shape index (κ3) is 4.44. The molecule has 3 rings (SSSR count). The summed E-state index contributed by atoms with van der Waals surface area (Å²) in [6, 6.07) is 12.4. The van der Waals surface area contributed by atoms with E-state index >= 15 is 0 Å². The van der Waals surface area contributed by atoms with Gasteiger partial charge in [0.05, 0.1) is 17.5 Å². The first kappa shape index (κ1) is 18.0. The topological polar surface area (TPSA) is 88.2 Å². The van der Waals surface area contributed by atoms with Crippen molar-refractivity contribution in [2.75, 3.05) is 16.3 Å². The summed E-state index contributed by atoms with van der Waals surface area (Å²) in [5, 5.41) is 4.65. The van der Waals surface area contributed by atoms with Crippen LogP contribution in [0.2, 0.25) is 0 Å². The van der Waals surface area contributed by atoms with Gasteiger partial charge in [-0.15, -0.1) is 11.3 Å². The molecule has 0 spiro atoms. The summed E-state index contributed by atoms with van der Waals surface area (Å²) in [5.41, 5.74) is 1.76. The normalized spacial score (nSPS) is 11.2. The Labute approximate surface area is 153 Å². The van der Waals surface area contributed by atoms with Crippen molar-refractivity contribution in [3.63, 3.8) is 0 Å². The molecule has 6 nitrogen and oxygen atoms in total. The monoisotopic (exact) mass is 391 g/mol. The molecular weight excluding hydrogens is 377 g/mol. The molecule has 1 heterocycles. The van der Waals surface area contributed by atoms with Gasteiger partial charge in [-0.2, -0.15) is 0 Å². The molecule has 1 amide bonds. The maximum absolute atomic E-state index is 13.6. The van der Waals surface area contributed by atoms with Crippen molar-refractivity contribution in [1.82, 2.24) is 4.98 Å². The number of nitrogens with one attached hydrogen (secondary N) is 2. The number of nitrogens with zero attached hydrogens (tertiary/aromatic N) is 1. The molecular formula is C17H14FN3O3S2. The third-order valence-corrected chi connectivity index (χ3v) is 4.69. The second-order valence-electron chi connectivity index (χ2n) is 5.42. The van der Waals surface area contributed by atoms with Gasteiger partial charge in [-0.05, 0) is 24.3 Å². The van der Waals surface area contributed by atoms with Gasteiger partial charge in [0.1, 0.15) is 5.82 Å². The molecule has 2 aromatic carbocycles. The number of carbonyl (C=O) groups excluding carboxylic acids is 1. The van der Waals surface area contributed by atoms with Crippen LogP contribution in [-0.4, -0.2) is 25.6 Å². The predicted octanol–water partition coefficient (Wildman–Crippen LogP) is 3.57. The Balaban J connectivity index is 1.74. The van der Waals surface area contributed by atoms with Crippen molar-refractivity contribution in [2.45, 2.75) is 0 Å². The molecule has 9 heteroatoms. The van der Waals surface area contributed by atoms with Crippen LogP contribution in [0.3, 0.4) is 0 Å². The van der Waals surface area contributed by atoms with Gasteiger partial charge in [-0.1, -0.05) is 24.3 Å². The minimum absolute atomic E-state index is 0.0551. The van der Waals surface area contributed by atoms with Gasteiger partial charge >= 0.3 is 0 Å². The second-order valence-corrected chi connectivity index (χ2v) is 8.03. The van der Waals surface area contributed by atoms with Crippen molar-refractivity contribution in [3.05, 3.63) is 65.3 Å². The van der Waals surface area contributed by atoms with Crippen LogP contribution in [0.4, 0.5) is 15.2 Å². The summed E-state index contributed by atoms with van der Waals surface area (Å²) in [6.07, 6.45) is 1.08. The predicted molar refractivity (Wildman–Crippen MR) is 100 cm³/mol. The quantitative estimate of drug-likeness (QED) is 0.696. The molecule has 0 saturated heterocycles. The van der Waals surface area contributed by atoms with Gasteiger partial charge < -0.3 is 0 Å². The standard InChI is InChI=1S/C17H14FN3O3S2/c1-26(23,24)21-12-8-6-11(7-9-12)15-10-25-17(19-15)20-16(22)13-4-2-3-5-14(13)18/h2-10,21H,1H3,(H,19,20,22). The molecule has 134 valence electrons. The van der Waals surface area contributed by atoms with E-state index in [1.165, 1.54) is 29.5 Å². The first-order chi connectivity index (χ1) is 12.3. The molecule has 0 atom stereocenters. The Kier molecular flexibility index (Phi) is 5.01. The van der Waals surface area contributed by atoms with Crippen molar-refractivity contribution in [3.8, 4) is 11.3 Å². The van der Waals surface area contributed by atoms with E-state index in [-0.39, 0.29) is 5.56 Å². The molecule has 0 aliphatic carbocycles. The number of amides is 1. The SMILES string of the molecule is CS(=O)(=O)Nc1ccc(-c2csc(NC(=O)c3ccccc3F)n2)cc1. The van der Waals surface area contributed by atoms with Gasteiger partial charge in [-0.25, -0.2) is 17.8 Å². The third-order valence-electron chi connectivity index (χ3n) is 3.33. The van der Waals surface area contributed by atoms with Crippen LogP contribution in [0.25, 0.3) is 11.3 Å². The Morgan fingerprint density at radius 1 is 1.12 bits per heavy atom. The number of aromatic nitrogens is 1. The van der Waals surface area contributed by atoms with Crippen molar-refractivity contribution in [2.24, 2.45) is 0 Å². The highest BCUT2D eigenvalue weighted by atomic mass is 32.2. The summed E-state index contributed by atoms with van der Waals surface area (Å²) in [5.74, 6) is -1.17. The van der Waals surface area contributed by atoms with Crippen LogP contribution in [0, 0.1) is 5.82 Å². The molecule has 2 N–H and O–H groups in total. The molecule has 0 fully saturated rings. The van der Waals surface area contributed by atoms with E-state index in [0.29, 0.717) is 16.5 Å². The molecule has 0 aliphatic rings. The van der Waals surface area contributed by atoms with Gasteiger partial charge in [0.15, 0.2) is 5.13 Å². The van der Waals surface area contributed by atoms with Gasteiger partial charge in [-0.3, -0.25) is 14.8 Å². The average Bonchev–Trinajstić information content (AvgIpc) is 3.03. The fourth-order valence-electron chi connectivity index (χ4n) is 2.20. The van der Waals surface area contributed by atoms with Gasteiger partial charge in [0.25, 0.3) is 5.91 Å². The molecule has 26 heavy (non-hydrogen) atoms. The van der Waals surface area contributed by atoms with E-state index in [1.807, 2.05) is 0 Å². The first-order valence-corrected chi connectivity index (χ1v) is 10.2. The number of carbonyl (C=O) groups is 1. The number of thiazole rings is 1. The fraction of sp³-hybridized carbons (Fsp3) is 0.0588. The second kappa shape index (κ2) is 7.22. The Morgan fingerprint density at radius 2 is 1.81 bits per heavy atom. The zero-order chi connectivity index (χ0) is 18.7. The van der Waals surface area contributed by atoms with Gasteiger partial charge in [0, 0.05) is 16.6 Å². The van der Waals surface area contributed by atoms with Crippen molar-refractivity contribution >= 4 is 38.1 Å². The maximum Gasteiger partial charge on any atom is 0.260 e. The number of sulfonamides is 1. The maximum atomic E-state index is 13.6. The highest BCUT2D eigenvalue weighted by Gasteiger charge is 2.13. The van der Waals surface area contributed by atoms with Crippen LogP contribution in [0.15, 0.2) is 53.9 Å². The Hall–Kier alpha value is -2.78.